The largest absolute Gasteiger partial charge is 0.390 e. The zero-order valence-corrected chi connectivity index (χ0v) is 9.85. The van der Waals surface area contributed by atoms with Gasteiger partial charge >= 0.3 is 0 Å². The van der Waals surface area contributed by atoms with Crippen molar-refractivity contribution in [2.45, 2.75) is 18.6 Å². The van der Waals surface area contributed by atoms with E-state index in [2.05, 4.69) is 0 Å². The lowest BCUT2D eigenvalue weighted by Crippen LogP contribution is -2.25. The van der Waals surface area contributed by atoms with Crippen molar-refractivity contribution in [3.05, 3.63) is 35.4 Å². The van der Waals surface area contributed by atoms with Gasteiger partial charge in [0.25, 0.3) is 0 Å². The maximum absolute atomic E-state index is 10.6. The number of thiocarbonyl (C=S) groups is 1. The maximum Gasteiger partial charge on any atom is 0.220 e. The van der Waals surface area contributed by atoms with Crippen molar-refractivity contribution in [2.75, 3.05) is 0 Å². The van der Waals surface area contributed by atoms with Crippen LogP contribution in [0.3, 0.4) is 0 Å². The second-order valence-electron chi connectivity index (χ2n) is 3.67. The topological polar surface area (TPSA) is 110 Å². The average Bonchev–Trinajstić information content (AvgIpc) is 2.27. The molecule has 6 heteroatoms. The number of benzene rings is 1. The summed E-state index contributed by atoms with van der Waals surface area (Å²) in [6.07, 6.45) is -2.75. The number of nitrogens with two attached hydrogens (primary N) is 2. The Kier molecular flexibility index (Phi) is 4.56. The Morgan fingerprint density at radius 3 is 2.53 bits per heavy atom. The predicted octanol–water partition coefficient (Wildman–Crippen LogP) is -0.410. The number of hydrogen-bond donors (Lipinski definition) is 4. The van der Waals surface area contributed by atoms with Crippen molar-refractivity contribution in [3.63, 3.8) is 0 Å². The third-order valence-electron chi connectivity index (χ3n) is 2.29. The van der Waals surface area contributed by atoms with E-state index in [0.717, 1.165) is 0 Å². The van der Waals surface area contributed by atoms with Gasteiger partial charge in [-0.15, -0.1) is 0 Å². The highest BCUT2D eigenvalue weighted by Crippen LogP contribution is 2.19. The van der Waals surface area contributed by atoms with Gasteiger partial charge in [0.15, 0.2) is 0 Å². The van der Waals surface area contributed by atoms with Gasteiger partial charge in [-0.25, -0.2) is 0 Å². The molecule has 0 bridgehead atoms. The number of amides is 1. The fourth-order valence-corrected chi connectivity index (χ4v) is 1.54. The van der Waals surface area contributed by atoms with E-state index in [4.69, 9.17) is 23.7 Å². The molecule has 17 heavy (non-hydrogen) atoms. The lowest BCUT2D eigenvalue weighted by atomic mass is 10.00. The summed E-state index contributed by atoms with van der Waals surface area (Å²) in [5.74, 6) is -0.679. The van der Waals surface area contributed by atoms with Crippen LogP contribution in [-0.2, 0) is 4.79 Å². The zero-order chi connectivity index (χ0) is 13.0. The van der Waals surface area contributed by atoms with Gasteiger partial charge in [-0.2, -0.15) is 0 Å². The molecule has 0 aliphatic heterocycles. The molecule has 1 amide bonds. The molecule has 0 radical (unpaired) electrons. The Balaban J connectivity index is 2.88. The van der Waals surface area contributed by atoms with E-state index in [1.807, 2.05) is 0 Å². The molecule has 92 valence electrons. The molecule has 5 nitrogen and oxygen atoms in total. The molecule has 0 saturated carbocycles. The van der Waals surface area contributed by atoms with E-state index in [9.17, 15) is 15.0 Å². The minimum Gasteiger partial charge on any atom is -0.390 e. The molecule has 0 fully saturated rings. The van der Waals surface area contributed by atoms with Crippen LogP contribution in [-0.4, -0.2) is 27.2 Å². The van der Waals surface area contributed by atoms with Gasteiger partial charge in [-0.1, -0.05) is 30.4 Å². The smallest absolute Gasteiger partial charge is 0.220 e. The molecule has 2 atom stereocenters. The summed E-state index contributed by atoms with van der Waals surface area (Å²) in [5, 5.41) is 19.4. The molecule has 0 aliphatic rings. The van der Waals surface area contributed by atoms with E-state index in [0.29, 0.717) is 11.1 Å². The zero-order valence-electron chi connectivity index (χ0n) is 9.04. The number of carbonyl (C=O) groups is 1. The molecule has 1 rings (SSSR count). The molecule has 0 spiro atoms. The summed E-state index contributed by atoms with van der Waals surface area (Å²) < 4.78 is 0. The highest BCUT2D eigenvalue weighted by atomic mass is 32.1. The van der Waals surface area contributed by atoms with Gasteiger partial charge in [0.1, 0.15) is 11.1 Å². The molecule has 6 N–H and O–H groups in total. The van der Waals surface area contributed by atoms with Crippen LogP contribution in [0.1, 0.15) is 23.7 Å². The predicted molar refractivity (Wildman–Crippen MR) is 67.1 cm³/mol. The fourth-order valence-electron chi connectivity index (χ4n) is 1.42. The molecular formula is C11H14N2O3S. The molecule has 0 aliphatic carbocycles. The van der Waals surface area contributed by atoms with Gasteiger partial charge < -0.3 is 21.7 Å². The molecular weight excluding hydrogens is 240 g/mol. The van der Waals surface area contributed by atoms with Crippen molar-refractivity contribution >= 4 is 23.1 Å². The van der Waals surface area contributed by atoms with Crippen LogP contribution in [0.2, 0.25) is 0 Å². The van der Waals surface area contributed by atoms with Crippen molar-refractivity contribution in [1.82, 2.24) is 0 Å². The first kappa shape index (κ1) is 13.6. The Hall–Kier alpha value is -1.50. The Morgan fingerprint density at radius 2 is 2.00 bits per heavy atom. The Morgan fingerprint density at radius 1 is 1.35 bits per heavy atom. The van der Waals surface area contributed by atoms with E-state index >= 15 is 0 Å². The van der Waals surface area contributed by atoms with Crippen LogP contribution < -0.4 is 11.5 Å². The summed E-state index contributed by atoms with van der Waals surface area (Å²) in [5.41, 5.74) is 11.4. The average molecular weight is 254 g/mol. The van der Waals surface area contributed by atoms with Crippen LogP contribution >= 0.6 is 12.2 Å². The SMILES string of the molecule is NC(=O)CC(O)C(O)c1cccc(C(N)=S)c1. The van der Waals surface area contributed by atoms with Crippen molar-refractivity contribution < 1.29 is 15.0 Å². The quantitative estimate of drug-likeness (QED) is 0.534. The van der Waals surface area contributed by atoms with E-state index in [1.165, 1.54) is 0 Å². The number of hydrogen-bond acceptors (Lipinski definition) is 4. The summed E-state index contributed by atoms with van der Waals surface area (Å²) in [4.78, 5) is 10.8. The lowest BCUT2D eigenvalue weighted by molar-refractivity contribution is -0.121. The van der Waals surface area contributed by atoms with Gasteiger partial charge in [-0.3, -0.25) is 4.79 Å². The molecule has 1 aromatic carbocycles. The van der Waals surface area contributed by atoms with Gasteiger partial charge in [0.05, 0.1) is 12.5 Å². The van der Waals surface area contributed by atoms with Crippen LogP contribution in [0.25, 0.3) is 0 Å². The van der Waals surface area contributed by atoms with Gasteiger partial charge in [-0.05, 0) is 11.6 Å². The van der Waals surface area contributed by atoms with Gasteiger partial charge in [0, 0.05) is 5.56 Å². The van der Waals surface area contributed by atoms with Crippen LogP contribution in [0, 0.1) is 0 Å². The second-order valence-corrected chi connectivity index (χ2v) is 4.11. The summed E-state index contributed by atoms with van der Waals surface area (Å²) in [7, 11) is 0. The normalized spacial score (nSPS) is 14.0. The van der Waals surface area contributed by atoms with Crippen molar-refractivity contribution in [2.24, 2.45) is 11.5 Å². The number of rotatable bonds is 5. The summed E-state index contributed by atoms with van der Waals surface area (Å²) in [6.45, 7) is 0. The highest BCUT2D eigenvalue weighted by Gasteiger charge is 2.20. The highest BCUT2D eigenvalue weighted by molar-refractivity contribution is 7.80. The number of aliphatic hydroxyl groups is 2. The Labute approximate surface area is 104 Å². The van der Waals surface area contributed by atoms with E-state index in [-0.39, 0.29) is 11.4 Å². The first-order valence-electron chi connectivity index (χ1n) is 4.96. The summed E-state index contributed by atoms with van der Waals surface area (Å²) in [6, 6.07) is 6.52. The fraction of sp³-hybridized carbons (Fsp3) is 0.273. The maximum atomic E-state index is 10.6. The van der Waals surface area contributed by atoms with Gasteiger partial charge in [0.2, 0.25) is 5.91 Å². The monoisotopic (exact) mass is 254 g/mol. The second kappa shape index (κ2) is 5.72. The van der Waals surface area contributed by atoms with E-state index in [1.54, 1.807) is 24.3 Å². The minimum atomic E-state index is -1.24. The van der Waals surface area contributed by atoms with Crippen LogP contribution in [0.5, 0.6) is 0 Å². The van der Waals surface area contributed by atoms with Crippen molar-refractivity contribution in [3.8, 4) is 0 Å². The summed E-state index contributed by atoms with van der Waals surface area (Å²) >= 11 is 4.80. The number of aliphatic hydroxyl groups excluding tert-OH is 2. The standard InChI is InChI=1S/C11H14N2O3S/c12-9(15)5-8(14)10(16)6-2-1-3-7(4-6)11(13)17/h1-4,8,10,14,16H,5H2,(H2,12,15)(H2,13,17). The number of primary amides is 1. The molecule has 0 saturated heterocycles. The van der Waals surface area contributed by atoms with Crippen LogP contribution in [0.4, 0.5) is 0 Å². The van der Waals surface area contributed by atoms with E-state index < -0.39 is 18.1 Å². The first-order valence-corrected chi connectivity index (χ1v) is 5.37. The molecule has 0 heterocycles. The third kappa shape index (κ3) is 3.77. The third-order valence-corrected chi connectivity index (χ3v) is 2.52. The minimum absolute atomic E-state index is 0.198. The number of carbonyl (C=O) groups excluding carboxylic acids is 1. The Bertz CT molecular complexity index is 436. The first-order chi connectivity index (χ1) is 7.91. The van der Waals surface area contributed by atoms with Crippen molar-refractivity contribution in [1.29, 1.82) is 0 Å². The lowest BCUT2D eigenvalue weighted by Gasteiger charge is -2.17. The van der Waals surface area contributed by atoms with Crippen LogP contribution in [0.15, 0.2) is 24.3 Å². The molecule has 2 unspecified atom stereocenters. The molecule has 1 aromatic rings. The molecule has 0 aromatic heterocycles.